The maximum Gasteiger partial charge on any atom is 0.0992 e. The molecule has 0 spiro atoms. The summed E-state index contributed by atoms with van der Waals surface area (Å²) in [5, 5.41) is 10.1. The summed E-state index contributed by atoms with van der Waals surface area (Å²) in [6.07, 6.45) is 3.63. The highest BCUT2D eigenvalue weighted by Gasteiger charge is 2.14. The Labute approximate surface area is 450 Å². The standard InChI is InChI=1S/C41H27N3.S22/c42-28-29-25-34(38-11-3-1-9-36(38)30-15-19-32(20-16-30)40-13-5-7-23-43-40)27-35(26-29)39-12-4-2-10-37(39)31-17-21-33(22-18-31)41-14-6-8-24-44-41;1-3-5-7-9-11-13-15-17-19-21-22-20-18-16-14-12-10-8-6-4-2/h1-27H;. The summed E-state index contributed by atoms with van der Waals surface area (Å²) < 4.78 is 0. The fourth-order valence-corrected chi connectivity index (χ4v) is 55.3. The fourth-order valence-electron chi connectivity index (χ4n) is 5.89. The second-order valence-corrected chi connectivity index (χ2v) is 47.3. The Morgan fingerprint density at radius 3 is 0.894 bits per heavy atom. The van der Waals surface area contributed by atoms with Gasteiger partial charge in [0, 0.05) is 224 Å². The predicted molar refractivity (Wildman–Crippen MR) is 341 cm³/mol. The van der Waals surface area contributed by atoms with Crippen LogP contribution in [0, 0.1) is 11.3 Å². The lowest BCUT2D eigenvalue weighted by atomic mass is 9.88. The van der Waals surface area contributed by atoms with Gasteiger partial charge >= 0.3 is 0 Å². The van der Waals surface area contributed by atoms with E-state index in [-0.39, 0.29) is 0 Å². The van der Waals surface area contributed by atoms with Crippen molar-refractivity contribution < 1.29 is 0 Å². The summed E-state index contributed by atoms with van der Waals surface area (Å²) in [6.45, 7) is 0. The van der Waals surface area contributed by atoms with Crippen LogP contribution in [0.2, 0.25) is 0 Å². The topological polar surface area (TPSA) is 49.6 Å². The first-order chi connectivity index (χ1) is 32.7. The van der Waals surface area contributed by atoms with E-state index >= 15 is 0 Å². The molecule has 7 aromatic rings. The average molecular weight is 1270 g/mol. The zero-order chi connectivity index (χ0) is 45.9. The quantitative estimate of drug-likeness (QED) is 0.166. The van der Waals surface area contributed by atoms with Crippen molar-refractivity contribution in [3.05, 3.63) is 170 Å². The Balaban J connectivity index is 0.000000279. The molecular weight excluding hydrogens is 1240 g/mol. The highest BCUT2D eigenvalue weighted by molar-refractivity contribution is 8.78. The van der Waals surface area contributed by atoms with E-state index in [1.165, 1.54) is 17.8 Å². The van der Waals surface area contributed by atoms with Gasteiger partial charge in [-0.3, -0.25) is 9.97 Å². The second-order valence-electron chi connectivity index (χ2n) is 11.9. The van der Waals surface area contributed by atoms with Crippen LogP contribution >= 0.6 is 0 Å². The molecule has 0 atom stereocenters. The molecule has 0 aliphatic rings. The predicted octanol–water partition coefficient (Wildman–Crippen LogP) is 10.3. The summed E-state index contributed by atoms with van der Waals surface area (Å²) in [7, 11) is 34.5. The molecular formula is C41H27N3S22. The van der Waals surface area contributed by atoms with Gasteiger partial charge in [-0.25, -0.2) is 0 Å². The molecule has 0 aliphatic carbocycles. The number of rotatable bonds is 6. The third-order valence-corrected chi connectivity index (χ3v) is 50.6. The molecule has 0 unspecified atom stereocenters. The number of benzene rings is 5. The summed E-state index contributed by atoms with van der Waals surface area (Å²) in [5.74, 6) is 0. The van der Waals surface area contributed by atoms with E-state index in [9.17, 15) is 5.26 Å². The van der Waals surface area contributed by atoms with Gasteiger partial charge < -0.3 is 0 Å². The minimum absolute atomic E-state index is 0.623. The largest absolute Gasteiger partial charge is 0.256 e. The highest BCUT2D eigenvalue weighted by Crippen LogP contribution is 2.38. The van der Waals surface area contributed by atoms with Crippen molar-refractivity contribution in [3.8, 4) is 73.1 Å². The molecule has 0 N–H and O–H groups in total. The lowest BCUT2D eigenvalue weighted by Crippen LogP contribution is -1.91. The van der Waals surface area contributed by atoms with Crippen molar-refractivity contribution >= 4 is 200 Å². The van der Waals surface area contributed by atoms with Crippen molar-refractivity contribution in [3.63, 3.8) is 0 Å². The van der Waals surface area contributed by atoms with Crippen molar-refractivity contribution in [1.82, 2.24) is 9.97 Å². The van der Waals surface area contributed by atoms with Crippen LogP contribution < -0.4 is 0 Å². The fraction of sp³-hybridized carbons (Fsp3) is 0. The highest BCUT2D eigenvalue weighted by atomic mass is 33.5. The Bertz CT molecular complexity index is 3590. The van der Waals surface area contributed by atoms with Crippen LogP contribution in [0.3, 0.4) is 0 Å². The molecule has 5 aromatic carbocycles. The molecule has 0 radical (unpaired) electrons. The molecule has 0 aliphatic heterocycles. The molecule has 0 fully saturated rings. The maximum absolute atomic E-state index is 10.1. The van der Waals surface area contributed by atoms with Crippen LogP contribution in [0.5, 0.6) is 0 Å². The van der Waals surface area contributed by atoms with E-state index in [0.29, 0.717) is 5.56 Å². The van der Waals surface area contributed by atoms with Crippen molar-refractivity contribution in [2.45, 2.75) is 0 Å². The number of pyridine rings is 2. The summed E-state index contributed by atoms with van der Waals surface area (Å²) >= 11 is 9.53. The number of nitriles is 1. The third-order valence-electron chi connectivity index (χ3n) is 8.38. The van der Waals surface area contributed by atoms with Crippen LogP contribution in [0.15, 0.2) is 164 Å². The normalized spacial score (nSPS) is 9.62. The van der Waals surface area contributed by atoms with E-state index in [1.54, 1.807) is 160 Å². The van der Waals surface area contributed by atoms with Crippen LogP contribution in [-0.2, 0) is 200 Å². The van der Waals surface area contributed by atoms with E-state index in [4.69, 9.17) is 22.4 Å². The van der Waals surface area contributed by atoms with Crippen molar-refractivity contribution in [1.29, 1.82) is 5.26 Å². The van der Waals surface area contributed by atoms with Gasteiger partial charge in [0.15, 0.2) is 0 Å². The molecule has 7 rings (SSSR count). The monoisotopic (exact) mass is 1260 g/mol. The molecule has 0 bridgehead atoms. The lowest BCUT2D eigenvalue weighted by molar-refractivity contribution is 1.33. The van der Waals surface area contributed by atoms with Gasteiger partial charge in [-0.2, -0.15) is 5.26 Å². The second kappa shape index (κ2) is 32.6. The Morgan fingerprint density at radius 1 is 0.318 bits per heavy atom. The van der Waals surface area contributed by atoms with Crippen LogP contribution in [0.1, 0.15) is 5.56 Å². The Morgan fingerprint density at radius 2 is 0.606 bits per heavy atom. The summed E-state index contributed by atoms with van der Waals surface area (Å²) in [5.41, 5.74) is 13.3. The zero-order valence-corrected chi connectivity index (χ0v) is 50.9. The molecule has 2 aromatic heterocycles. The van der Waals surface area contributed by atoms with Gasteiger partial charge in [0.25, 0.3) is 0 Å². The van der Waals surface area contributed by atoms with E-state index < -0.39 is 0 Å². The van der Waals surface area contributed by atoms with Gasteiger partial charge in [0.1, 0.15) is 0 Å². The zero-order valence-electron chi connectivity index (χ0n) is 32.9. The minimum Gasteiger partial charge on any atom is -0.256 e. The summed E-state index contributed by atoms with van der Waals surface area (Å²) in [6, 6.07) is 54.2. The maximum atomic E-state index is 10.1. The molecule has 2 heterocycles. The molecule has 338 valence electrons. The Kier molecular flexibility index (Phi) is 26.7. The first-order valence-corrected chi connectivity index (χ1v) is 46.0. The third kappa shape index (κ3) is 18.5. The minimum atomic E-state index is 0.623. The Hall–Kier alpha value is -1.27. The van der Waals surface area contributed by atoms with Crippen LogP contribution in [0.25, 0.3) is 67.0 Å². The van der Waals surface area contributed by atoms with Gasteiger partial charge in [-0.15, -0.1) is 0 Å². The molecule has 25 heteroatoms. The first-order valence-electron chi connectivity index (χ1n) is 18.0. The van der Waals surface area contributed by atoms with Crippen molar-refractivity contribution in [2.24, 2.45) is 0 Å². The van der Waals surface area contributed by atoms with Gasteiger partial charge in [0.05, 0.1) is 23.0 Å². The van der Waals surface area contributed by atoms with Crippen molar-refractivity contribution in [2.75, 3.05) is 0 Å². The number of aromatic nitrogens is 2. The lowest BCUT2D eigenvalue weighted by Gasteiger charge is -2.15. The van der Waals surface area contributed by atoms with Gasteiger partial charge in [-0.1, -0.05) is 109 Å². The molecule has 0 amide bonds. The number of nitrogens with zero attached hydrogens (tertiary/aromatic N) is 3. The van der Waals surface area contributed by atoms with Gasteiger partial charge in [-0.05, 0) is 87.0 Å². The molecule has 0 saturated carbocycles. The van der Waals surface area contributed by atoms with E-state index in [2.05, 4.69) is 119 Å². The number of hydrogen-bond acceptors (Lipinski definition) is 5. The average Bonchev–Trinajstić information content (AvgIpc) is 3.39. The van der Waals surface area contributed by atoms with Crippen LogP contribution in [-0.4, -0.2) is 9.97 Å². The number of hydrogen-bond donors (Lipinski definition) is 0. The smallest absolute Gasteiger partial charge is 0.0992 e. The van der Waals surface area contributed by atoms with E-state index in [1.807, 2.05) is 60.9 Å². The van der Waals surface area contributed by atoms with Gasteiger partial charge in [0.2, 0.25) is 0 Å². The summed E-state index contributed by atoms with van der Waals surface area (Å²) in [4.78, 5) is 8.98. The van der Waals surface area contributed by atoms with E-state index in [0.717, 1.165) is 67.0 Å². The molecule has 66 heavy (non-hydrogen) atoms. The molecule has 3 nitrogen and oxygen atoms in total. The SMILES string of the molecule is N#Cc1cc(-c2ccccc2-c2ccc(-c3ccccn3)cc2)cc(-c2ccccc2-c2ccc(-c3ccccn3)cc2)c1.S=S=S=S=S=S=S=S=S=S=S=S=S=S=S=S=S=S=S=S=S=S. The van der Waals surface area contributed by atoms with Crippen LogP contribution in [0.4, 0.5) is 0 Å². The molecule has 0 saturated heterocycles. The first kappa shape index (κ1) is 54.1.